The SMILES string of the molecule is Cc1csc2c(=O)n(Cc3nc(Cl)ccc3Cl)cnc12. The maximum Gasteiger partial charge on any atom is 0.271 e. The molecule has 0 amide bonds. The van der Waals surface area contributed by atoms with Gasteiger partial charge in [0.05, 0.1) is 29.1 Å². The summed E-state index contributed by atoms with van der Waals surface area (Å²) in [7, 11) is 0. The number of pyridine rings is 1. The zero-order chi connectivity index (χ0) is 14.3. The van der Waals surface area contributed by atoms with E-state index in [0.717, 1.165) is 11.1 Å². The van der Waals surface area contributed by atoms with Crippen LogP contribution in [0.4, 0.5) is 0 Å². The van der Waals surface area contributed by atoms with Gasteiger partial charge in [-0.15, -0.1) is 11.3 Å². The molecule has 0 radical (unpaired) electrons. The highest BCUT2D eigenvalue weighted by Crippen LogP contribution is 2.21. The van der Waals surface area contributed by atoms with Crippen molar-refractivity contribution >= 4 is 44.8 Å². The summed E-state index contributed by atoms with van der Waals surface area (Å²) >= 11 is 13.3. The Kier molecular flexibility index (Phi) is 3.50. The van der Waals surface area contributed by atoms with Gasteiger partial charge in [-0.1, -0.05) is 23.2 Å². The molecule has 20 heavy (non-hydrogen) atoms. The normalized spacial score (nSPS) is 11.2. The molecule has 0 atom stereocenters. The van der Waals surface area contributed by atoms with Gasteiger partial charge >= 0.3 is 0 Å². The Balaban J connectivity index is 2.09. The summed E-state index contributed by atoms with van der Waals surface area (Å²) in [4.78, 5) is 20.8. The first kappa shape index (κ1) is 13.5. The lowest BCUT2D eigenvalue weighted by Gasteiger charge is -2.06. The highest BCUT2D eigenvalue weighted by molar-refractivity contribution is 7.17. The molecule has 0 fully saturated rings. The van der Waals surface area contributed by atoms with Gasteiger partial charge in [0.25, 0.3) is 5.56 Å². The van der Waals surface area contributed by atoms with Crippen LogP contribution in [-0.2, 0) is 6.54 Å². The Morgan fingerprint density at radius 2 is 2.15 bits per heavy atom. The second-order valence-electron chi connectivity index (χ2n) is 4.34. The number of fused-ring (bicyclic) bond motifs is 1. The summed E-state index contributed by atoms with van der Waals surface area (Å²) in [5.74, 6) is 0. The lowest BCUT2D eigenvalue weighted by Crippen LogP contribution is -2.21. The van der Waals surface area contributed by atoms with Gasteiger partial charge in [-0.3, -0.25) is 9.36 Å². The Morgan fingerprint density at radius 1 is 1.35 bits per heavy atom. The van der Waals surface area contributed by atoms with Gasteiger partial charge in [0.2, 0.25) is 0 Å². The number of aryl methyl sites for hydroxylation is 1. The molecule has 0 bridgehead atoms. The van der Waals surface area contributed by atoms with Crippen molar-refractivity contribution in [1.82, 2.24) is 14.5 Å². The molecule has 3 heterocycles. The van der Waals surface area contributed by atoms with Gasteiger partial charge in [-0.25, -0.2) is 9.97 Å². The molecule has 102 valence electrons. The monoisotopic (exact) mass is 325 g/mol. The number of halogens is 2. The number of aromatic nitrogens is 3. The van der Waals surface area contributed by atoms with E-state index in [0.29, 0.717) is 20.6 Å². The molecule has 3 aromatic heterocycles. The van der Waals surface area contributed by atoms with E-state index < -0.39 is 0 Å². The lowest BCUT2D eigenvalue weighted by molar-refractivity contribution is 0.731. The molecule has 3 rings (SSSR count). The minimum Gasteiger partial charge on any atom is -0.292 e. The van der Waals surface area contributed by atoms with Crippen molar-refractivity contribution in [2.24, 2.45) is 0 Å². The van der Waals surface area contributed by atoms with E-state index in [-0.39, 0.29) is 12.1 Å². The molecule has 0 saturated heterocycles. The Labute approximate surface area is 128 Å². The van der Waals surface area contributed by atoms with Crippen LogP contribution >= 0.6 is 34.5 Å². The summed E-state index contributed by atoms with van der Waals surface area (Å²) in [6, 6.07) is 3.28. The van der Waals surface area contributed by atoms with E-state index in [9.17, 15) is 4.79 Å². The topological polar surface area (TPSA) is 47.8 Å². The Bertz CT molecular complexity index is 856. The summed E-state index contributed by atoms with van der Waals surface area (Å²) < 4.78 is 2.13. The highest BCUT2D eigenvalue weighted by atomic mass is 35.5. The van der Waals surface area contributed by atoms with Gasteiger partial charge in [-0.05, 0) is 30.0 Å². The highest BCUT2D eigenvalue weighted by Gasteiger charge is 2.11. The standard InChI is InChI=1S/C13H9Cl2N3OS/c1-7-5-20-12-11(7)16-6-18(13(12)19)4-9-8(14)2-3-10(15)17-9/h2-3,5-6H,4H2,1H3. The lowest BCUT2D eigenvalue weighted by atomic mass is 10.3. The number of hydrogen-bond donors (Lipinski definition) is 0. The van der Waals surface area contributed by atoms with Gasteiger partial charge in [0.15, 0.2) is 0 Å². The number of rotatable bonds is 2. The third-order valence-electron chi connectivity index (χ3n) is 2.93. The minimum atomic E-state index is -0.0917. The smallest absolute Gasteiger partial charge is 0.271 e. The van der Waals surface area contributed by atoms with Crippen molar-refractivity contribution in [3.8, 4) is 0 Å². The third-order valence-corrected chi connectivity index (χ3v) is 4.56. The van der Waals surface area contributed by atoms with Gasteiger partial charge in [-0.2, -0.15) is 0 Å². The maximum absolute atomic E-state index is 12.4. The van der Waals surface area contributed by atoms with Crippen molar-refractivity contribution in [1.29, 1.82) is 0 Å². The molecule has 0 aliphatic carbocycles. The summed E-state index contributed by atoms with van der Waals surface area (Å²) in [5, 5.41) is 2.75. The van der Waals surface area contributed by atoms with Crippen LogP contribution < -0.4 is 5.56 Å². The maximum atomic E-state index is 12.4. The van der Waals surface area contributed by atoms with E-state index >= 15 is 0 Å². The van der Waals surface area contributed by atoms with E-state index in [1.807, 2.05) is 12.3 Å². The molecule has 0 aliphatic heterocycles. The van der Waals surface area contributed by atoms with Crippen LogP contribution in [0.5, 0.6) is 0 Å². The fraction of sp³-hybridized carbons (Fsp3) is 0.154. The van der Waals surface area contributed by atoms with E-state index in [4.69, 9.17) is 23.2 Å². The molecule has 3 aromatic rings. The largest absolute Gasteiger partial charge is 0.292 e. The minimum absolute atomic E-state index is 0.0917. The Morgan fingerprint density at radius 3 is 2.95 bits per heavy atom. The van der Waals surface area contributed by atoms with Crippen molar-refractivity contribution in [3.05, 3.63) is 55.6 Å². The van der Waals surface area contributed by atoms with Crippen LogP contribution in [0, 0.1) is 6.92 Å². The van der Waals surface area contributed by atoms with E-state index in [2.05, 4.69) is 9.97 Å². The second kappa shape index (κ2) is 5.16. The fourth-order valence-electron chi connectivity index (χ4n) is 1.90. The van der Waals surface area contributed by atoms with Gasteiger partial charge in [0.1, 0.15) is 9.85 Å². The molecule has 0 aromatic carbocycles. The van der Waals surface area contributed by atoms with Crippen molar-refractivity contribution in [3.63, 3.8) is 0 Å². The molecule has 4 nitrogen and oxygen atoms in total. The Hall–Kier alpha value is -1.43. The van der Waals surface area contributed by atoms with Crippen molar-refractivity contribution in [2.45, 2.75) is 13.5 Å². The zero-order valence-electron chi connectivity index (χ0n) is 10.4. The van der Waals surface area contributed by atoms with Crippen molar-refractivity contribution in [2.75, 3.05) is 0 Å². The average Bonchev–Trinajstić information content (AvgIpc) is 2.79. The molecular weight excluding hydrogens is 317 g/mol. The number of hydrogen-bond acceptors (Lipinski definition) is 4. The average molecular weight is 326 g/mol. The van der Waals surface area contributed by atoms with Crippen LogP contribution in [0.15, 0.2) is 28.6 Å². The predicted octanol–water partition coefficient (Wildman–Crippen LogP) is 3.52. The van der Waals surface area contributed by atoms with E-state index in [1.54, 1.807) is 12.1 Å². The van der Waals surface area contributed by atoms with Crippen LogP contribution in [0.2, 0.25) is 10.2 Å². The van der Waals surface area contributed by atoms with Crippen LogP contribution in [-0.4, -0.2) is 14.5 Å². The van der Waals surface area contributed by atoms with Crippen LogP contribution in [0.25, 0.3) is 10.2 Å². The molecule has 0 spiro atoms. The number of thiophene rings is 1. The first-order valence-corrected chi connectivity index (χ1v) is 7.44. The quantitative estimate of drug-likeness (QED) is 0.677. The molecule has 0 unspecified atom stereocenters. The van der Waals surface area contributed by atoms with Crippen LogP contribution in [0.1, 0.15) is 11.3 Å². The molecule has 0 aliphatic rings. The second-order valence-corrected chi connectivity index (χ2v) is 6.01. The summed E-state index contributed by atoms with van der Waals surface area (Å²) in [6.45, 7) is 2.18. The first-order chi connectivity index (χ1) is 9.56. The van der Waals surface area contributed by atoms with Crippen molar-refractivity contribution < 1.29 is 0 Å². The van der Waals surface area contributed by atoms with Crippen LogP contribution in [0.3, 0.4) is 0 Å². The first-order valence-electron chi connectivity index (χ1n) is 5.80. The predicted molar refractivity (Wildman–Crippen MR) is 82.0 cm³/mol. The van der Waals surface area contributed by atoms with E-state index in [1.165, 1.54) is 22.2 Å². The molecule has 7 heteroatoms. The summed E-state index contributed by atoms with van der Waals surface area (Å²) in [6.07, 6.45) is 1.52. The third kappa shape index (κ3) is 2.32. The fourth-order valence-corrected chi connectivity index (χ4v) is 3.18. The van der Waals surface area contributed by atoms with Gasteiger partial charge in [0, 0.05) is 0 Å². The zero-order valence-corrected chi connectivity index (χ0v) is 12.8. The summed E-state index contributed by atoms with van der Waals surface area (Å²) in [5.41, 5.74) is 2.22. The molecule has 0 N–H and O–H groups in total. The number of nitrogens with zero attached hydrogens (tertiary/aromatic N) is 3. The van der Waals surface area contributed by atoms with Gasteiger partial charge < -0.3 is 0 Å². The molecular formula is C13H9Cl2N3OS. The molecule has 0 saturated carbocycles.